The van der Waals surface area contributed by atoms with Crippen molar-refractivity contribution in [3.05, 3.63) is 23.4 Å². The Morgan fingerprint density at radius 3 is 2.75 bits per heavy atom. The van der Waals surface area contributed by atoms with Crippen molar-refractivity contribution in [2.24, 2.45) is 17.6 Å². The number of pyridine rings is 1. The molecule has 16 heavy (non-hydrogen) atoms. The molecule has 1 aromatic heterocycles. The summed E-state index contributed by atoms with van der Waals surface area (Å²) in [5, 5.41) is 0. The van der Waals surface area contributed by atoms with E-state index in [2.05, 4.69) is 18.8 Å². The Morgan fingerprint density at radius 2 is 2.19 bits per heavy atom. The second-order valence-corrected chi connectivity index (χ2v) is 5.13. The number of hydrogen-bond donors (Lipinski definition) is 2. The van der Waals surface area contributed by atoms with Gasteiger partial charge in [0.2, 0.25) is 0 Å². The van der Waals surface area contributed by atoms with Crippen LogP contribution in [0.3, 0.4) is 0 Å². The molecule has 3 nitrogen and oxygen atoms in total. The molecule has 4 N–H and O–H groups in total. The second-order valence-electron chi connectivity index (χ2n) is 5.13. The molecule has 3 heteroatoms. The third-order valence-corrected chi connectivity index (χ3v) is 3.82. The summed E-state index contributed by atoms with van der Waals surface area (Å²) >= 11 is 0. The number of aromatic nitrogens is 1. The fourth-order valence-corrected chi connectivity index (χ4v) is 2.84. The van der Waals surface area contributed by atoms with Crippen LogP contribution < -0.4 is 11.5 Å². The van der Waals surface area contributed by atoms with Crippen LogP contribution in [0.25, 0.3) is 0 Å². The molecule has 3 atom stereocenters. The number of rotatable bonds is 2. The molecule has 1 aromatic rings. The van der Waals surface area contributed by atoms with Gasteiger partial charge in [0.1, 0.15) is 5.82 Å². The summed E-state index contributed by atoms with van der Waals surface area (Å²) in [5.41, 5.74) is 14.5. The molecule has 88 valence electrons. The van der Waals surface area contributed by atoms with Gasteiger partial charge in [0.25, 0.3) is 0 Å². The number of aryl methyl sites for hydroxylation is 1. The Morgan fingerprint density at radius 1 is 1.44 bits per heavy atom. The highest BCUT2D eigenvalue weighted by Crippen LogP contribution is 2.39. The van der Waals surface area contributed by atoms with Crippen molar-refractivity contribution >= 4 is 5.82 Å². The first-order valence-electron chi connectivity index (χ1n) is 6.06. The Balaban J connectivity index is 2.23. The van der Waals surface area contributed by atoms with Gasteiger partial charge in [0.05, 0.1) is 0 Å². The molecule has 0 aliphatic heterocycles. The zero-order chi connectivity index (χ0) is 11.7. The van der Waals surface area contributed by atoms with E-state index in [-0.39, 0.29) is 6.04 Å². The molecule has 1 fully saturated rings. The van der Waals surface area contributed by atoms with Gasteiger partial charge in [-0.25, -0.2) is 4.98 Å². The topological polar surface area (TPSA) is 64.9 Å². The summed E-state index contributed by atoms with van der Waals surface area (Å²) in [6.45, 7) is 4.36. The van der Waals surface area contributed by atoms with E-state index >= 15 is 0 Å². The number of nitrogens with two attached hydrogens (primary N) is 2. The van der Waals surface area contributed by atoms with Crippen molar-refractivity contribution in [1.29, 1.82) is 0 Å². The Kier molecular flexibility index (Phi) is 3.15. The Bertz CT molecular complexity index is 355. The summed E-state index contributed by atoms with van der Waals surface area (Å²) in [5.74, 6) is 1.97. The third kappa shape index (κ3) is 2.05. The molecule has 0 saturated heterocycles. The zero-order valence-electron chi connectivity index (χ0n) is 10.1. The summed E-state index contributed by atoms with van der Waals surface area (Å²) in [6.07, 6.45) is 5.47. The molecule has 0 spiro atoms. The van der Waals surface area contributed by atoms with Crippen molar-refractivity contribution in [2.75, 3.05) is 5.73 Å². The lowest BCUT2D eigenvalue weighted by Crippen LogP contribution is -2.22. The predicted molar refractivity (Wildman–Crippen MR) is 66.8 cm³/mol. The van der Waals surface area contributed by atoms with Gasteiger partial charge in [-0.15, -0.1) is 0 Å². The molecule has 0 bridgehead atoms. The van der Waals surface area contributed by atoms with Crippen molar-refractivity contribution in [3.63, 3.8) is 0 Å². The van der Waals surface area contributed by atoms with Crippen LogP contribution >= 0.6 is 0 Å². The number of anilines is 1. The quantitative estimate of drug-likeness (QED) is 0.802. The second kappa shape index (κ2) is 4.42. The predicted octanol–water partition coefficient (Wildman–Crippen LogP) is 2.41. The Hall–Kier alpha value is -1.09. The lowest BCUT2D eigenvalue weighted by molar-refractivity contribution is 0.428. The first-order chi connectivity index (χ1) is 7.59. The SMILES string of the molecule is Cc1ccnc(N)c1C(N)C1CCC(C)C1. The highest BCUT2D eigenvalue weighted by molar-refractivity contribution is 5.46. The van der Waals surface area contributed by atoms with Crippen LogP contribution in [0.15, 0.2) is 12.3 Å². The van der Waals surface area contributed by atoms with Crippen molar-refractivity contribution in [3.8, 4) is 0 Å². The minimum Gasteiger partial charge on any atom is -0.383 e. The van der Waals surface area contributed by atoms with Crippen LogP contribution in [-0.4, -0.2) is 4.98 Å². The average Bonchev–Trinajstić information content (AvgIpc) is 2.64. The molecule has 1 saturated carbocycles. The van der Waals surface area contributed by atoms with Gasteiger partial charge in [-0.3, -0.25) is 0 Å². The smallest absolute Gasteiger partial charge is 0.128 e. The number of hydrogen-bond acceptors (Lipinski definition) is 3. The van der Waals surface area contributed by atoms with E-state index in [1.54, 1.807) is 6.20 Å². The minimum absolute atomic E-state index is 0.0543. The molecule has 1 heterocycles. The molecule has 0 radical (unpaired) electrons. The van der Waals surface area contributed by atoms with Crippen molar-refractivity contribution in [1.82, 2.24) is 4.98 Å². The first kappa shape index (κ1) is 11.4. The molecular formula is C13H21N3. The maximum atomic E-state index is 6.34. The summed E-state index contributed by atoms with van der Waals surface area (Å²) in [6, 6.07) is 2.04. The van der Waals surface area contributed by atoms with Gasteiger partial charge in [0.15, 0.2) is 0 Å². The largest absolute Gasteiger partial charge is 0.383 e. The first-order valence-corrected chi connectivity index (χ1v) is 6.06. The molecule has 1 aliphatic carbocycles. The van der Waals surface area contributed by atoms with Crippen LogP contribution in [0.2, 0.25) is 0 Å². The van der Waals surface area contributed by atoms with Crippen LogP contribution in [-0.2, 0) is 0 Å². The molecule has 1 aliphatic rings. The number of nitrogens with zero attached hydrogens (tertiary/aromatic N) is 1. The lowest BCUT2D eigenvalue weighted by atomic mass is 9.90. The van der Waals surface area contributed by atoms with Gasteiger partial charge >= 0.3 is 0 Å². The molecule has 3 unspecified atom stereocenters. The van der Waals surface area contributed by atoms with E-state index in [1.165, 1.54) is 24.8 Å². The molecule has 0 amide bonds. The van der Waals surface area contributed by atoms with E-state index in [0.29, 0.717) is 11.7 Å². The third-order valence-electron chi connectivity index (χ3n) is 3.82. The van der Waals surface area contributed by atoms with E-state index in [0.717, 1.165) is 11.5 Å². The normalized spacial score (nSPS) is 26.9. The van der Waals surface area contributed by atoms with E-state index in [1.807, 2.05) is 6.07 Å². The van der Waals surface area contributed by atoms with E-state index < -0.39 is 0 Å². The van der Waals surface area contributed by atoms with Crippen molar-refractivity contribution in [2.45, 2.75) is 39.2 Å². The fourth-order valence-electron chi connectivity index (χ4n) is 2.84. The number of nitrogen functional groups attached to an aromatic ring is 1. The standard InChI is InChI=1S/C13H21N3/c1-8-3-4-10(7-8)12(14)11-9(2)5-6-16-13(11)15/h5-6,8,10,12H,3-4,7,14H2,1-2H3,(H2,15,16). The zero-order valence-corrected chi connectivity index (χ0v) is 10.1. The van der Waals surface area contributed by atoms with Gasteiger partial charge in [-0.2, -0.15) is 0 Å². The lowest BCUT2D eigenvalue weighted by Gasteiger charge is -2.22. The molecule has 2 rings (SSSR count). The van der Waals surface area contributed by atoms with E-state index in [4.69, 9.17) is 11.5 Å². The van der Waals surface area contributed by atoms with Crippen LogP contribution in [0.5, 0.6) is 0 Å². The minimum atomic E-state index is 0.0543. The maximum Gasteiger partial charge on any atom is 0.128 e. The highest BCUT2D eigenvalue weighted by atomic mass is 14.8. The molecule has 0 aromatic carbocycles. The van der Waals surface area contributed by atoms with Crippen LogP contribution in [0.4, 0.5) is 5.82 Å². The van der Waals surface area contributed by atoms with Gasteiger partial charge in [0, 0.05) is 17.8 Å². The van der Waals surface area contributed by atoms with Crippen LogP contribution in [0.1, 0.15) is 43.4 Å². The van der Waals surface area contributed by atoms with Crippen LogP contribution in [0, 0.1) is 18.8 Å². The van der Waals surface area contributed by atoms with E-state index in [9.17, 15) is 0 Å². The highest BCUT2D eigenvalue weighted by Gasteiger charge is 2.29. The Labute approximate surface area is 97.2 Å². The summed E-state index contributed by atoms with van der Waals surface area (Å²) in [7, 11) is 0. The summed E-state index contributed by atoms with van der Waals surface area (Å²) < 4.78 is 0. The monoisotopic (exact) mass is 219 g/mol. The average molecular weight is 219 g/mol. The fraction of sp³-hybridized carbons (Fsp3) is 0.615. The van der Waals surface area contributed by atoms with Gasteiger partial charge in [-0.1, -0.05) is 13.3 Å². The van der Waals surface area contributed by atoms with Gasteiger partial charge in [-0.05, 0) is 43.2 Å². The van der Waals surface area contributed by atoms with Crippen molar-refractivity contribution < 1.29 is 0 Å². The summed E-state index contributed by atoms with van der Waals surface area (Å²) in [4.78, 5) is 4.15. The molecular weight excluding hydrogens is 198 g/mol. The maximum absolute atomic E-state index is 6.34. The van der Waals surface area contributed by atoms with Gasteiger partial charge < -0.3 is 11.5 Å².